The number of carboxylic acids is 1. The van der Waals surface area contributed by atoms with Crippen molar-refractivity contribution < 1.29 is 18.7 Å². The molecule has 0 aliphatic heterocycles. The molecule has 2 N–H and O–H groups in total. The Bertz CT molecular complexity index is 679. The highest BCUT2D eigenvalue weighted by atomic mass is 32.2. The number of carbonyl (C=O) groups is 1. The van der Waals surface area contributed by atoms with Crippen molar-refractivity contribution in [2.45, 2.75) is 10.1 Å². The molecule has 0 saturated carbocycles. The summed E-state index contributed by atoms with van der Waals surface area (Å²) in [4.78, 5) is 27.2. The van der Waals surface area contributed by atoms with Crippen molar-refractivity contribution in [3.8, 4) is 0 Å². The van der Waals surface area contributed by atoms with Gasteiger partial charge < -0.3 is 10.1 Å². The number of aromatic carboxylic acids is 1. The zero-order chi connectivity index (χ0) is 14.0. The van der Waals surface area contributed by atoms with E-state index in [9.17, 15) is 18.4 Å². The van der Waals surface area contributed by atoms with E-state index in [4.69, 9.17) is 5.11 Å². The Balaban J connectivity index is 2.41. The van der Waals surface area contributed by atoms with E-state index in [2.05, 4.69) is 9.97 Å². The summed E-state index contributed by atoms with van der Waals surface area (Å²) in [6, 6.07) is 2.56. The van der Waals surface area contributed by atoms with Crippen LogP contribution in [-0.4, -0.2) is 21.0 Å². The number of aromatic nitrogens is 2. The third-order valence-corrected chi connectivity index (χ3v) is 3.09. The van der Waals surface area contributed by atoms with Crippen molar-refractivity contribution in [2.75, 3.05) is 0 Å². The van der Waals surface area contributed by atoms with Crippen LogP contribution >= 0.6 is 11.8 Å². The first-order chi connectivity index (χ1) is 8.97. The van der Waals surface area contributed by atoms with Crippen LogP contribution in [0.1, 0.15) is 10.4 Å². The average molecular weight is 284 g/mol. The summed E-state index contributed by atoms with van der Waals surface area (Å²) < 4.78 is 27.2. The lowest BCUT2D eigenvalue weighted by atomic mass is 10.2. The number of hydrogen-bond donors (Lipinski definition) is 2. The van der Waals surface area contributed by atoms with E-state index in [0.717, 1.165) is 6.07 Å². The van der Waals surface area contributed by atoms with Gasteiger partial charge in [0.2, 0.25) is 0 Å². The molecule has 0 fully saturated rings. The third-order valence-electron chi connectivity index (χ3n) is 2.09. The molecule has 0 unspecified atom stereocenters. The first kappa shape index (κ1) is 13.2. The number of hydrogen-bond acceptors (Lipinski definition) is 4. The molecule has 1 aromatic carbocycles. The molecule has 0 aliphatic rings. The summed E-state index contributed by atoms with van der Waals surface area (Å²) in [6.07, 6.45) is 1.20. The molecule has 0 saturated heterocycles. The Morgan fingerprint density at radius 2 is 1.95 bits per heavy atom. The van der Waals surface area contributed by atoms with Gasteiger partial charge in [-0.05, 0) is 23.9 Å². The van der Waals surface area contributed by atoms with Gasteiger partial charge >= 0.3 is 5.97 Å². The number of halogens is 2. The molecule has 98 valence electrons. The van der Waals surface area contributed by atoms with Crippen LogP contribution in [0.2, 0.25) is 0 Å². The van der Waals surface area contributed by atoms with Gasteiger partial charge in [0, 0.05) is 12.3 Å². The molecule has 19 heavy (non-hydrogen) atoms. The number of aromatic amines is 1. The van der Waals surface area contributed by atoms with Crippen molar-refractivity contribution in [1.82, 2.24) is 9.97 Å². The van der Waals surface area contributed by atoms with Gasteiger partial charge in [-0.25, -0.2) is 18.6 Å². The van der Waals surface area contributed by atoms with E-state index in [-0.39, 0.29) is 5.16 Å². The van der Waals surface area contributed by atoms with E-state index in [0.29, 0.717) is 23.9 Å². The first-order valence-electron chi connectivity index (χ1n) is 4.93. The number of H-pyrrole nitrogens is 1. The number of nitrogens with one attached hydrogen (secondary N) is 1. The summed E-state index contributed by atoms with van der Waals surface area (Å²) in [7, 11) is 0. The molecular formula is C11H6F2N2O3S. The Morgan fingerprint density at radius 3 is 2.47 bits per heavy atom. The first-order valence-corrected chi connectivity index (χ1v) is 5.74. The van der Waals surface area contributed by atoms with Gasteiger partial charge in [0.1, 0.15) is 11.6 Å². The average Bonchev–Trinajstić information content (AvgIpc) is 2.33. The SMILES string of the molecule is O=C(O)c1cc(F)c(Sc2nccc(=O)[nH]2)c(F)c1. The van der Waals surface area contributed by atoms with E-state index in [1.165, 1.54) is 6.20 Å². The highest BCUT2D eigenvalue weighted by molar-refractivity contribution is 7.99. The van der Waals surface area contributed by atoms with Gasteiger partial charge in [-0.1, -0.05) is 0 Å². The molecule has 2 aromatic rings. The van der Waals surface area contributed by atoms with Crippen LogP contribution in [0.15, 0.2) is 39.2 Å². The Labute approximate surface area is 109 Å². The van der Waals surface area contributed by atoms with Crippen LogP contribution in [0.4, 0.5) is 8.78 Å². The molecule has 0 aliphatic carbocycles. The van der Waals surface area contributed by atoms with Gasteiger partial charge in [0.15, 0.2) is 5.16 Å². The summed E-state index contributed by atoms with van der Waals surface area (Å²) in [5, 5.41) is 8.66. The minimum absolute atomic E-state index is 0.00775. The molecule has 0 radical (unpaired) electrons. The lowest BCUT2D eigenvalue weighted by Crippen LogP contribution is -2.06. The Hall–Kier alpha value is -2.22. The minimum atomic E-state index is -1.43. The molecule has 2 rings (SSSR count). The van der Waals surface area contributed by atoms with Crippen LogP contribution in [0, 0.1) is 11.6 Å². The van der Waals surface area contributed by atoms with Crippen molar-refractivity contribution in [3.63, 3.8) is 0 Å². The Morgan fingerprint density at radius 1 is 1.32 bits per heavy atom. The highest BCUT2D eigenvalue weighted by Crippen LogP contribution is 2.30. The summed E-state index contributed by atoms with van der Waals surface area (Å²) in [6.45, 7) is 0. The predicted octanol–water partition coefficient (Wildman–Crippen LogP) is 1.90. The van der Waals surface area contributed by atoms with Crippen molar-refractivity contribution in [2.24, 2.45) is 0 Å². The van der Waals surface area contributed by atoms with E-state index in [1.807, 2.05) is 0 Å². The van der Waals surface area contributed by atoms with Gasteiger partial charge in [-0.2, -0.15) is 0 Å². The molecule has 1 aromatic heterocycles. The van der Waals surface area contributed by atoms with E-state index in [1.54, 1.807) is 0 Å². The van der Waals surface area contributed by atoms with Crippen LogP contribution in [-0.2, 0) is 0 Å². The number of benzene rings is 1. The minimum Gasteiger partial charge on any atom is -0.478 e. The summed E-state index contributed by atoms with van der Waals surface area (Å²) >= 11 is 0.566. The second kappa shape index (κ2) is 5.19. The lowest BCUT2D eigenvalue weighted by Gasteiger charge is -2.05. The smallest absolute Gasteiger partial charge is 0.335 e. The molecule has 0 bridgehead atoms. The third kappa shape index (κ3) is 2.97. The molecule has 8 heteroatoms. The predicted molar refractivity (Wildman–Crippen MR) is 62.3 cm³/mol. The fourth-order valence-electron chi connectivity index (χ4n) is 1.28. The summed E-state index contributed by atoms with van der Waals surface area (Å²) in [5.41, 5.74) is -0.950. The largest absolute Gasteiger partial charge is 0.478 e. The molecule has 0 atom stereocenters. The number of rotatable bonds is 3. The van der Waals surface area contributed by atoms with Crippen molar-refractivity contribution in [1.29, 1.82) is 0 Å². The van der Waals surface area contributed by atoms with Gasteiger partial charge in [0.05, 0.1) is 10.5 Å². The lowest BCUT2D eigenvalue weighted by molar-refractivity contribution is 0.0695. The molecule has 0 spiro atoms. The van der Waals surface area contributed by atoms with Crippen LogP contribution in [0.3, 0.4) is 0 Å². The quantitative estimate of drug-likeness (QED) is 0.841. The maximum Gasteiger partial charge on any atom is 0.335 e. The fourth-order valence-corrected chi connectivity index (χ4v) is 2.05. The standard InChI is InChI=1S/C11H6F2N2O3S/c12-6-3-5(10(17)18)4-7(13)9(6)19-11-14-2-1-8(16)15-11/h1-4H,(H,17,18)(H,14,15,16). The molecule has 1 heterocycles. The highest BCUT2D eigenvalue weighted by Gasteiger charge is 2.16. The molecule has 5 nitrogen and oxygen atoms in total. The summed E-state index contributed by atoms with van der Waals surface area (Å²) in [5.74, 6) is -3.50. The monoisotopic (exact) mass is 284 g/mol. The normalized spacial score (nSPS) is 10.4. The van der Waals surface area contributed by atoms with Gasteiger partial charge in [-0.3, -0.25) is 4.79 Å². The van der Waals surface area contributed by atoms with Gasteiger partial charge in [0.25, 0.3) is 5.56 Å². The maximum absolute atomic E-state index is 13.6. The second-order valence-corrected chi connectivity index (χ2v) is 4.41. The Kier molecular flexibility index (Phi) is 3.61. The zero-order valence-corrected chi connectivity index (χ0v) is 10.0. The number of nitrogens with zero attached hydrogens (tertiary/aromatic N) is 1. The van der Waals surface area contributed by atoms with Gasteiger partial charge in [-0.15, -0.1) is 0 Å². The molecule has 0 amide bonds. The zero-order valence-electron chi connectivity index (χ0n) is 9.18. The number of carboxylic acid groups (broad SMARTS) is 1. The van der Waals surface area contributed by atoms with Crippen molar-refractivity contribution >= 4 is 17.7 Å². The van der Waals surface area contributed by atoms with Crippen LogP contribution in [0.25, 0.3) is 0 Å². The van der Waals surface area contributed by atoms with Crippen LogP contribution in [0.5, 0.6) is 0 Å². The molecular weight excluding hydrogens is 278 g/mol. The van der Waals surface area contributed by atoms with E-state index >= 15 is 0 Å². The van der Waals surface area contributed by atoms with E-state index < -0.39 is 33.6 Å². The second-order valence-electron chi connectivity index (χ2n) is 3.42. The topological polar surface area (TPSA) is 83.0 Å². The van der Waals surface area contributed by atoms with Crippen LogP contribution < -0.4 is 5.56 Å². The van der Waals surface area contributed by atoms with Crippen molar-refractivity contribution in [3.05, 3.63) is 51.9 Å². The maximum atomic E-state index is 13.6. The fraction of sp³-hybridized carbons (Fsp3) is 0.